The SMILES string of the molecule is COCCCNCC(C)Sc1nc(C)cs1. The van der Waals surface area contributed by atoms with Crippen molar-refractivity contribution in [1.29, 1.82) is 0 Å². The second-order valence-electron chi connectivity index (χ2n) is 3.73. The Balaban J connectivity index is 2.09. The lowest BCUT2D eigenvalue weighted by molar-refractivity contribution is 0.194. The van der Waals surface area contributed by atoms with E-state index in [0.29, 0.717) is 5.25 Å². The van der Waals surface area contributed by atoms with Gasteiger partial charge < -0.3 is 10.1 Å². The molecule has 1 unspecified atom stereocenters. The largest absolute Gasteiger partial charge is 0.385 e. The lowest BCUT2D eigenvalue weighted by Crippen LogP contribution is -2.24. The number of hydrogen-bond acceptors (Lipinski definition) is 5. The summed E-state index contributed by atoms with van der Waals surface area (Å²) in [5, 5.41) is 6.08. The van der Waals surface area contributed by atoms with Crippen LogP contribution in [0.3, 0.4) is 0 Å². The molecule has 1 atom stereocenters. The van der Waals surface area contributed by atoms with Gasteiger partial charge in [0.15, 0.2) is 0 Å². The molecule has 0 bridgehead atoms. The third-order valence-electron chi connectivity index (χ3n) is 2.03. The zero-order valence-electron chi connectivity index (χ0n) is 10.2. The Morgan fingerprint density at radius 3 is 3.06 bits per heavy atom. The third-order valence-corrected chi connectivity index (χ3v) is 4.22. The predicted molar refractivity (Wildman–Crippen MR) is 71.5 cm³/mol. The molecule has 92 valence electrons. The van der Waals surface area contributed by atoms with Gasteiger partial charge in [-0.05, 0) is 19.9 Å². The molecule has 16 heavy (non-hydrogen) atoms. The third kappa shape index (κ3) is 5.84. The van der Waals surface area contributed by atoms with Crippen molar-refractivity contribution in [3.63, 3.8) is 0 Å². The van der Waals surface area contributed by atoms with Gasteiger partial charge in [0.2, 0.25) is 0 Å². The molecule has 1 aromatic heterocycles. The first-order valence-electron chi connectivity index (χ1n) is 5.51. The van der Waals surface area contributed by atoms with Gasteiger partial charge in [-0.3, -0.25) is 0 Å². The zero-order valence-corrected chi connectivity index (χ0v) is 11.8. The van der Waals surface area contributed by atoms with Crippen molar-refractivity contribution < 1.29 is 4.74 Å². The zero-order chi connectivity index (χ0) is 11.8. The second kappa shape index (κ2) is 8.06. The van der Waals surface area contributed by atoms with Crippen LogP contribution in [0.25, 0.3) is 0 Å². The standard InChI is InChI=1S/C11H20N2OS2/c1-9-8-15-11(13-9)16-10(2)7-12-5-4-6-14-3/h8,10,12H,4-7H2,1-3H3. The highest BCUT2D eigenvalue weighted by Crippen LogP contribution is 2.25. The van der Waals surface area contributed by atoms with Crippen LogP contribution in [0.15, 0.2) is 9.72 Å². The van der Waals surface area contributed by atoms with Gasteiger partial charge in [0.1, 0.15) is 4.34 Å². The predicted octanol–water partition coefficient (Wildman–Crippen LogP) is 2.56. The molecule has 0 amide bonds. The summed E-state index contributed by atoms with van der Waals surface area (Å²) in [6, 6.07) is 0. The van der Waals surface area contributed by atoms with Crippen molar-refractivity contribution in [2.75, 3.05) is 26.8 Å². The molecule has 0 aliphatic carbocycles. The van der Waals surface area contributed by atoms with E-state index in [0.717, 1.165) is 31.8 Å². The molecular formula is C11H20N2OS2. The lowest BCUT2D eigenvalue weighted by Gasteiger charge is -2.10. The van der Waals surface area contributed by atoms with E-state index in [1.165, 1.54) is 4.34 Å². The minimum absolute atomic E-state index is 0.563. The Hall–Kier alpha value is -0.100. The number of rotatable bonds is 8. The number of aromatic nitrogens is 1. The monoisotopic (exact) mass is 260 g/mol. The van der Waals surface area contributed by atoms with Gasteiger partial charge in [0.05, 0.1) is 0 Å². The number of thioether (sulfide) groups is 1. The van der Waals surface area contributed by atoms with Crippen molar-refractivity contribution in [2.24, 2.45) is 0 Å². The highest BCUT2D eigenvalue weighted by Gasteiger charge is 2.06. The van der Waals surface area contributed by atoms with Gasteiger partial charge in [0.25, 0.3) is 0 Å². The fourth-order valence-electron chi connectivity index (χ4n) is 1.25. The van der Waals surface area contributed by atoms with Gasteiger partial charge in [-0.15, -0.1) is 11.3 Å². The summed E-state index contributed by atoms with van der Waals surface area (Å²) in [5.41, 5.74) is 1.12. The van der Waals surface area contributed by atoms with Crippen molar-refractivity contribution in [3.8, 4) is 0 Å². The van der Waals surface area contributed by atoms with E-state index < -0.39 is 0 Å². The summed E-state index contributed by atoms with van der Waals surface area (Å²) in [5.74, 6) is 0. The normalized spacial score (nSPS) is 12.9. The van der Waals surface area contributed by atoms with E-state index in [9.17, 15) is 0 Å². The van der Waals surface area contributed by atoms with Gasteiger partial charge >= 0.3 is 0 Å². The average molecular weight is 260 g/mol. The first kappa shape index (κ1) is 14.0. The molecule has 1 heterocycles. The van der Waals surface area contributed by atoms with Crippen LogP contribution >= 0.6 is 23.1 Å². The Morgan fingerprint density at radius 2 is 2.44 bits per heavy atom. The molecule has 0 aromatic carbocycles. The molecule has 3 nitrogen and oxygen atoms in total. The van der Waals surface area contributed by atoms with Crippen LogP contribution < -0.4 is 5.32 Å². The molecule has 1 N–H and O–H groups in total. The number of aryl methyl sites for hydroxylation is 1. The summed E-state index contributed by atoms with van der Waals surface area (Å²) < 4.78 is 6.16. The lowest BCUT2D eigenvalue weighted by atomic mass is 10.4. The summed E-state index contributed by atoms with van der Waals surface area (Å²) in [7, 11) is 1.74. The minimum atomic E-state index is 0.563. The molecule has 0 radical (unpaired) electrons. The van der Waals surface area contributed by atoms with Gasteiger partial charge in [-0.2, -0.15) is 0 Å². The van der Waals surface area contributed by atoms with E-state index in [2.05, 4.69) is 22.6 Å². The smallest absolute Gasteiger partial charge is 0.150 e. The van der Waals surface area contributed by atoms with Crippen LogP contribution in [0.5, 0.6) is 0 Å². The van der Waals surface area contributed by atoms with Gasteiger partial charge in [0, 0.05) is 36.6 Å². The van der Waals surface area contributed by atoms with Crippen molar-refractivity contribution in [1.82, 2.24) is 10.3 Å². The molecular weight excluding hydrogens is 240 g/mol. The minimum Gasteiger partial charge on any atom is -0.385 e. The fraction of sp³-hybridized carbons (Fsp3) is 0.727. The van der Waals surface area contributed by atoms with Crippen LogP contribution in [-0.2, 0) is 4.74 Å². The number of thiazole rings is 1. The Bertz CT molecular complexity index is 291. The van der Waals surface area contributed by atoms with Crippen LogP contribution in [0.1, 0.15) is 19.0 Å². The van der Waals surface area contributed by atoms with Crippen molar-refractivity contribution in [2.45, 2.75) is 29.9 Å². The molecule has 1 rings (SSSR count). The number of methoxy groups -OCH3 is 1. The highest BCUT2D eigenvalue weighted by molar-refractivity contribution is 8.01. The second-order valence-corrected chi connectivity index (χ2v) is 6.28. The van der Waals surface area contributed by atoms with E-state index in [1.807, 2.05) is 18.7 Å². The summed E-state index contributed by atoms with van der Waals surface area (Å²) in [6.07, 6.45) is 1.07. The van der Waals surface area contributed by atoms with Gasteiger partial charge in [-0.1, -0.05) is 18.7 Å². The number of ether oxygens (including phenoxy) is 1. The Morgan fingerprint density at radius 1 is 1.62 bits per heavy atom. The molecule has 0 spiro atoms. The van der Waals surface area contributed by atoms with Crippen LogP contribution in [-0.4, -0.2) is 37.0 Å². The molecule has 0 saturated heterocycles. The molecule has 0 aliphatic rings. The Labute approximate surface area is 106 Å². The topological polar surface area (TPSA) is 34.1 Å². The van der Waals surface area contributed by atoms with Crippen LogP contribution in [0, 0.1) is 6.92 Å². The fourth-order valence-corrected chi connectivity index (χ4v) is 3.37. The quantitative estimate of drug-likeness (QED) is 0.575. The summed E-state index contributed by atoms with van der Waals surface area (Å²) in [6.45, 7) is 7.14. The van der Waals surface area contributed by atoms with Crippen molar-refractivity contribution >= 4 is 23.1 Å². The molecule has 1 aromatic rings. The first-order chi connectivity index (χ1) is 7.72. The van der Waals surface area contributed by atoms with Crippen molar-refractivity contribution in [3.05, 3.63) is 11.1 Å². The maximum Gasteiger partial charge on any atom is 0.150 e. The molecule has 5 heteroatoms. The summed E-state index contributed by atoms with van der Waals surface area (Å²) in [4.78, 5) is 4.44. The van der Waals surface area contributed by atoms with Crippen LogP contribution in [0.4, 0.5) is 0 Å². The first-order valence-corrected chi connectivity index (χ1v) is 7.26. The number of nitrogens with one attached hydrogen (secondary N) is 1. The molecule has 0 fully saturated rings. The molecule has 0 aliphatic heterocycles. The van der Waals surface area contributed by atoms with Crippen LogP contribution in [0.2, 0.25) is 0 Å². The Kier molecular flexibility index (Phi) is 7.03. The number of hydrogen-bond donors (Lipinski definition) is 1. The maximum atomic E-state index is 4.99. The van der Waals surface area contributed by atoms with E-state index in [1.54, 1.807) is 18.4 Å². The number of nitrogens with zero attached hydrogens (tertiary/aromatic N) is 1. The summed E-state index contributed by atoms with van der Waals surface area (Å²) >= 11 is 3.57. The van der Waals surface area contributed by atoms with Gasteiger partial charge in [-0.25, -0.2) is 4.98 Å². The maximum absolute atomic E-state index is 4.99. The van der Waals surface area contributed by atoms with E-state index >= 15 is 0 Å². The molecule has 0 saturated carbocycles. The highest BCUT2D eigenvalue weighted by atomic mass is 32.2. The van der Waals surface area contributed by atoms with E-state index in [-0.39, 0.29) is 0 Å². The average Bonchev–Trinajstić information content (AvgIpc) is 2.63. The van der Waals surface area contributed by atoms with E-state index in [4.69, 9.17) is 4.74 Å².